The number of aryl methyl sites for hydroxylation is 1. The molecule has 21 heavy (non-hydrogen) atoms. The Hall–Kier alpha value is -2.30. The van der Waals surface area contributed by atoms with E-state index in [1.807, 2.05) is 42.2 Å². The van der Waals surface area contributed by atoms with E-state index < -0.39 is 0 Å². The van der Waals surface area contributed by atoms with E-state index in [0.29, 0.717) is 12.5 Å². The van der Waals surface area contributed by atoms with Gasteiger partial charge in [0.2, 0.25) is 5.91 Å². The lowest BCUT2D eigenvalue weighted by Crippen LogP contribution is -2.07. The van der Waals surface area contributed by atoms with Crippen molar-refractivity contribution in [3.8, 4) is 0 Å². The molecule has 0 atom stereocenters. The van der Waals surface area contributed by atoms with Crippen LogP contribution in [0.15, 0.2) is 30.5 Å². The topological polar surface area (TPSA) is 59.0 Å². The molecule has 1 heterocycles. The zero-order valence-electron chi connectivity index (χ0n) is 13.0. The molecule has 1 aromatic heterocycles. The molecular formula is C16H22N4O. The van der Waals surface area contributed by atoms with Gasteiger partial charge in [-0.3, -0.25) is 9.48 Å². The van der Waals surface area contributed by atoms with Gasteiger partial charge >= 0.3 is 0 Å². The summed E-state index contributed by atoms with van der Waals surface area (Å²) in [7, 11) is 1.94. The zero-order chi connectivity index (χ0) is 15.4. The van der Waals surface area contributed by atoms with Crippen LogP contribution in [0.2, 0.25) is 0 Å². The Morgan fingerprint density at radius 3 is 2.71 bits per heavy atom. The number of nitrogens with zero attached hydrogens (tertiary/aromatic N) is 2. The molecule has 2 N–H and O–H groups in total. The van der Waals surface area contributed by atoms with Gasteiger partial charge in [-0.1, -0.05) is 19.9 Å². The summed E-state index contributed by atoms with van der Waals surface area (Å²) >= 11 is 0. The van der Waals surface area contributed by atoms with Gasteiger partial charge in [0.25, 0.3) is 0 Å². The highest BCUT2D eigenvalue weighted by molar-refractivity contribution is 5.89. The summed E-state index contributed by atoms with van der Waals surface area (Å²) in [5.41, 5.74) is 4.07. The van der Waals surface area contributed by atoms with Gasteiger partial charge in [-0.05, 0) is 24.1 Å². The molecule has 0 unspecified atom stereocenters. The van der Waals surface area contributed by atoms with Gasteiger partial charge in [0.1, 0.15) is 0 Å². The summed E-state index contributed by atoms with van der Waals surface area (Å²) in [4.78, 5) is 11.1. The highest BCUT2D eigenvalue weighted by Crippen LogP contribution is 2.20. The van der Waals surface area contributed by atoms with Gasteiger partial charge in [0, 0.05) is 43.7 Å². The van der Waals surface area contributed by atoms with Crippen molar-refractivity contribution >= 4 is 17.3 Å². The highest BCUT2D eigenvalue weighted by Gasteiger charge is 2.11. The number of amides is 1. The lowest BCUT2D eigenvalue weighted by atomic mass is 10.1. The first-order valence-electron chi connectivity index (χ1n) is 7.09. The molecule has 0 spiro atoms. The van der Waals surface area contributed by atoms with Gasteiger partial charge in [-0.25, -0.2) is 0 Å². The van der Waals surface area contributed by atoms with E-state index in [1.54, 1.807) is 0 Å². The van der Waals surface area contributed by atoms with Crippen molar-refractivity contribution in [2.75, 3.05) is 10.6 Å². The minimum atomic E-state index is -0.0681. The average molecular weight is 286 g/mol. The number of hydrogen-bond acceptors (Lipinski definition) is 3. The quantitative estimate of drug-likeness (QED) is 0.888. The van der Waals surface area contributed by atoms with Crippen molar-refractivity contribution in [1.29, 1.82) is 0 Å². The number of anilines is 2. The number of benzene rings is 1. The van der Waals surface area contributed by atoms with Crippen LogP contribution in [0, 0.1) is 0 Å². The number of nitrogens with one attached hydrogen (secondary N) is 2. The van der Waals surface area contributed by atoms with E-state index in [2.05, 4.69) is 29.6 Å². The van der Waals surface area contributed by atoms with Crippen LogP contribution in [0.5, 0.6) is 0 Å². The van der Waals surface area contributed by atoms with Crippen LogP contribution in [0.25, 0.3) is 0 Å². The zero-order valence-corrected chi connectivity index (χ0v) is 13.0. The van der Waals surface area contributed by atoms with Crippen molar-refractivity contribution < 1.29 is 4.79 Å². The van der Waals surface area contributed by atoms with Crippen molar-refractivity contribution in [3.63, 3.8) is 0 Å². The number of carbonyl (C=O) groups is 1. The maximum atomic E-state index is 11.1. The van der Waals surface area contributed by atoms with Crippen LogP contribution < -0.4 is 10.6 Å². The summed E-state index contributed by atoms with van der Waals surface area (Å²) in [5, 5.41) is 10.7. The summed E-state index contributed by atoms with van der Waals surface area (Å²) in [5.74, 6) is 0.329. The minimum absolute atomic E-state index is 0.0681. The van der Waals surface area contributed by atoms with Crippen LogP contribution in [0.3, 0.4) is 0 Å². The maximum Gasteiger partial charge on any atom is 0.221 e. The first-order chi connectivity index (χ1) is 9.95. The lowest BCUT2D eigenvalue weighted by molar-refractivity contribution is -0.114. The van der Waals surface area contributed by atoms with Gasteiger partial charge in [0.05, 0.1) is 5.69 Å². The van der Waals surface area contributed by atoms with Crippen LogP contribution in [-0.4, -0.2) is 15.7 Å². The SMILES string of the molecule is CC(=O)Nc1cccc(NCc2cn(C)nc2C(C)C)c1. The Morgan fingerprint density at radius 2 is 2.05 bits per heavy atom. The molecule has 0 saturated carbocycles. The second kappa shape index (κ2) is 6.43. The predicted octanol–water partition coefficient (Wildman–Crippen LogP) is 3.11. The number of carbonyl (C=O) groups excluding carboxylic acids is 1. The molecule has 5 heteroatoms. The molecule has 2 aromatic rings. The van der Waals surface area contributed by atoms with Gasteiger partial charge in [0.15, 0.2) is 0 Å². The van der Waals surface area contributed by atoms with Crippen molar-refractivity contribution in [2.45, 2.75) is 33.2 Å². The molecule has 0 saturated heterocycles. The molecule has 0 aliphatic heterocycles. The Morgan fingerprint density at radius 1 is 1.33 bits per heavy atom. The van der Waals surface area contributed by atoms with Crippen LogP contribution >= 0.6 is 0 Å². The minimum Gasteiger partial charge on any atom is -0.381 e. The van der Waals surface area contributed by atoms with Gasteiger partial charge in [-0.15, -0.1) is 0 Å². The second-order valence-electron chi connectivity index (χ2n) is 5.48. The monoisotopic (exact) mass is 286 g/mol. The highest BCUT2D eigenvalue weighted by atomic mass is 16.1. The Bertz CT molecular complexity index is 631. The third-order valence-electron chi connectivity index (χ3n) is 3.15. The Balaban J connectivity index is 2.08. The predicted molar refractivity (Wildman–Crippen MR) is 85.4 cm³/mol. The molecule has 0 aliphatic rings. The molecule has 2 rings (SSSR count). The summed E-state index contributed by atoms with van der Waals surface area (Å²) < 4.78 is 1.85. The van der Waals surface area contributed by atoms with Crippen LogP contribution in [0.4, 0.5) is 11.4 Å². The van der Waals surface area contributed by atoms with E-state index >= 15 is 0 Å². The van der Waals surface area contributed by atoms with Crippen LogP contribution in [0.1, 0.15) is 37.9 Å². The first kappa shape index (κ1) is 15.1. The fraction of sp³-hybridized carbons (Fsp3) is 0.375. The van der Waals surface area contributed by atoms with E-state index in [-0.39, 0.29) is 5.91 Å². The molecule has 1 aromatic carbocycles. The lowest BCUT2D eigenvalue weighted by Gasteiger charge is -2.10. The summed E-state index contributed by atoms with van der Waals surface area (Å²) in [6.45, 7) is 6.50. The van der Waals surface area contributed by atoms with E-state index in [9.17, 15) is 4.79 Å². The first-order valence-corrected chi connectivity index (χ1v) is 7.09. The van der Waals surface area contributed by atoms with Crippen molar-refractivity contribution in [2.24, 2.45) is 7.05 Å². The van der Waals surface area contributed by atoms with E-state index in [0.717, 1.165) is 17.1 Å². The van der Waals surface area contributed by atoms with E-state index in [4.69, 9.17) is 0 Å². The molecular weight excluding hydrogens is 264 g/mol. The molecule has 0 radical (unpaired) electrons. The summed E-state index contributed by atoms with van der Waals surface area (Å²) in [6, 6.07) is 7.69. The number of rotatable bonds is 5. The fourth-order valence-electron chi connectivity index (χ4n) is 2.28. The molecule has 0 fully saturated rings. The van der Waals surface area contributed by atoms with Crippen molar-refractivity contribution in [1.82, 2.24) is 9.78 Å². The molecule has 0 bridgehead atoms. The van der Waals surface area contributed by atoms with Crippen LogP contribution in [-0.2, 0) is 18.4 Å². The molecule has 112 valence electrons. The standard InChI is InChI=1S/C16H22N4O/c1-11(2)16-13(10-20(4)19-16)9-17-14-6-5-7-15(8-14)18-12(3)21/h5-8,10-11,17H,9H2,1-4H3,(H,18,21). The largest absolute Gasteiger partial charge is 0.381 e. The van der Waals surface area contributed by atoms with E-state index in [1.165, 1.54) is 12.5 Å². The average Bonchev–Trinajstić information content (AvgIpc) is 2.77. The maximum absolute atomic E-state index is 11.1. The van der Waals surface area contributed by atoms with Gasteiger partial charge in [-0.2, -0.15) is 5.10 Å². The fourth-order valence-corrected chi connectivity index (χ4v) is 2.28. The molecule has 5 nitrogen and oxygen atoms in total. The third kappa shape index (κ3) is 4.08. The normalized spacial score (nSPS) is 10.7. The number of hydrogen-bond donors (Lipinski definition) is 2. The van der Waals surface area contributed by atoms with Crippen molar-refractivity contribution in [3.05, 3.63) is 41.7 Å². The molecule has 0 aliphatic carbocycles. The van der Waals surface area contributed by atoms with Gasteiger partial charge < -0.3 is 10.6 Å². The smallest absolute Gasteiger partial charge is 0.221 e. The molecule has 1 amide bonds. The Kier molecular flexibility index (Phi) is 4.62. The summed E-state index contributed by atoms with van der Waals surface area (Å²) in [6.07, 6.45) is 2.04. The number of aromatic nitrogens is 2. The second-order valence-corrected chi connectivity index (χ2v) is 5.48. The third-order valence-corrected chi connectivity index (χ3v) is 3.15. The Labute approximate surface area is 125 Å².